The molecule has 1 rings (SSSR count). The van der Waals surface area contributed by atoms with Gasteiger partial charge in [-0.15, -0.1) is 0 Å². The van der Waals surface area contributed by atoms with Gasteiger partial charge in [-0.1, -0.05) is 25.2 Å². The van der Waals surface area contributed by atoms with Gasteiger partial charge in [0.2, 0.25) is 5.91 Å². The number of carbonyl (C=O) groups excluding carboxylic acids is 1. The SMILES string of the molecule is C=CC1=C(/C=C(\C)CC)N(C)C(=O)CC1. The van der Waals surface area contributed by atoms with Crippen molar-refractivity contribution in [2.45, 2.75) is 33.1 Å². The number of carbonyl (C=O) groups is 1. The van der Waals surface area contributed by atoms with Gasteiger partial charge < -0.3 is 4.90 Å². The molecule has 2 nitrogen and oxygen atoms in total. The molecule has 1 aliphatic rings. The molecule has 0 saturated heterocycles. The summed E-state index contributed by atoms with van der Waals surface area (Å²) in [5, 5.41) is 0. The van der Waals surface area contributed by atoms with Crippen molar-refractivity contribution < 1.29 is 4.79 Å². The van der Waals surface area contributed by atoms with Crippen molar-refractivity contribution in [1.29, 1.82) is 0 Å². The molecule has 1 heterocycles. The highest BCUT2D eigenvalue weighted by atomic mass is 16.2. The van der Waals surface area contributed by atoms with Crippen LogP contribution in [-0.2, 0) is 4.79 Å². The number of allylic oxidation sites excluding steroid dienone is 4. The van der Waals surface area contributed by atoms with Crippen LogP contribution in [-0.4, -0.2) is 17.9 Å². The normalized spacial score (nSPS) is 18.5. The molecule has 0 N–H and O–H groups in total. The van der Waals surface area contributed by atoms with Gasteiger partial charge in [0.15, 0.2) is 0 Å². The summed E-state index contributed by atoms with van der Waals surface area (Å²) in [5.74, 6) is 0.191. The minimum Gasteiger partial charge on any atom is -0.315 e. The Hall–Kier alpha value is -1.31. The number of hydrogen-bond acceptors (Lipinski definition) is 1. The second-order valence-corrected chi connectivity index (χ2v) is 3.91. The van der Waals surface area contributed by atoms with E-state index in [-0.39, 0.29) is 5.91 Å². The Kier molecular flexibility index (Phi) is 3.89. The predicted octanol–water partition coefficient (Wildman–Crippen LogP) is 3.04. The lowest BCUT2D eigenvalue weighted by atomic mass is 10.00. The molecular formula is C13H19NO. The van der Waals surface area contributed by atoms with Crippen LogP contribution in [0.4, 0.5) is 0 Å². The Labute approximate surface area is 92.0 Å². The van der Waals surface area contributed by atoms with Gasteiger partial charge in [0.05, 0.1) is 0 Å². The van der Waals surface area contributed by atoms with Crippen molar-refractivity contribution in [3.05, 3.63) is 35.6 Å². The minimum atomic E-state index is 0.191. The van der Waals surface area contributed by atoms with E-state index in [1.165, 1.54) is 11.1 Å². The van der Waals surface area contributed by atoms with Gasteiger partial charge in [-0.05, 0) is 31.4 Å². The van der Waals surface area contributed by atoms with E-state index >= 15 is 0 Å². The van der Waals surface area contributed by atoms with Crippen LogP contribution in [0.1, 0.15) is 33.1 Å². The number of hydrogen-bond donors (Lipinski definition) is 0. The van der Waals surface area contributed by atoms with Crippen LogP contribution in [0.25, 0.3) is 0 Å². The molecule has 1 aliphatic heterocycles. The Morgan fingerprint density at radius 1 is 1.53 bits per heavy atom. The van der Waals surface area contributed by atoms with Crippen molar-refractivity contribution in [3.63, 3.8) is 0 Å². The maximum Gasteiger partial charge on any atom is 0.227 e. The van der Waals surface area contributed by atoms with E-state index in [9.17, 15) is 4.79 Å². The summed E-state index contributed by atoms with van der Waals surface area (Å²) in [5.41, 5.74) is 3.47. The summed E-state index contributed by atoms with van der Waals surface area (Å²) < 4.78 is 0. The van der Waals surface area contributed by atoms with E-state index in [0.717, 1.165) is 18.5 Å². The first-order valence-corrected chi connectivity index (χ1v) is 5.39. The topological polar surface area (TPSA) is 20.3 Å². The first-order chi connectivity index (χ1) is 7.10. The zero-order valence-corrected chi connectivity index (χ0v) is 9.84. The average Bonchev–Trinajstić information content (AvgIpc) is 2.25. The third-order valence-corrected chi connectivity index (χ3v) is 2.86. The van der Waals surface area contributed by atoms with Crippen LogP contribution in [0.15, 0.2) is 35.6 Å². The number of likely N-dealkylation sites (N-methyl/N-ethyl adjacent to an activating group) is 1. The molecule has 0 aliphatic carbocycles. The maximum absolute atomic E-state index is 11.6. The summed E-state index contributed by atoms with van der Waals surface area (Å²) >= 11 is 0. The predicted molar refractivity (Wildman–Crippen MR) is 63.3 cm³/mol. The van der Waals surface area contributed by atoms with E-state index in [1.807, 2.05) is 13.1 Å². The third kappa shape index (κ3) is 2.58. The number of nitrogens with zero attached hydrogens (tertiary/aromatic N) is 1. The molecule has 2 heteroatoms. The summed E-state index contributed by atoms with van der Waals surface area (Å²) in [6.07, 6.45) is 6.37. The molecule has 82 valence electrons. The zero-order chi connectivity index (χ0) is 11.4. The molecule has 0 atom stereocenters. The van der Waals surface area contributed by atoms with Gasteiger partial charge in [0, 0.05) is 19.2 Å². The van der Waals surface area contributed by atoms with Crippen LogP contribution in [0.3, 0.4) is 0 Å². The first-order valence-electron chi connectivity index (χ1n) is 5.39. The monoisotopic (exact) mass is 205 g/mol. The quantitative estimate of drug-likeness (QED) is 0.693. The molecule has 1 amide bonds. The molecule has 0 radical (unpaired) electrons. The van der Waals surface area contributed by atoms with Crippen LogP contribution in [0, 0.1) is 0 Å². The second kappa shape index (κ2) is 4.96. The van der Waals surface area contributed by atoms with Crippen molar-refractivity contribution >= 4 is 5.91 Å². The summed E-state index contributed by atoms with van der Waals surface area (Å²) in [6.45, 7) is 8.00. The molecule has 0 unspecified atom stereocenters. The fraction of sp³-hybridized carbons (Fsp3) is 0.462. The van der Waals surface area contributed by atoms with E-state index in [4.69, 9.17) is 0 Å². The fourth-order valence-electron chi connectivity index (χ4n) is 1.62. The Bertz CT molecular complexity index is 336. The van der Waals surface area contributed by atoms with Gasteiger partial charge in [-0.2, -0.15) is 0 Å². The van der Waals surface area contributed by atoms with E-state index in [0.29, 0.717) is 6.42 Å². The van der Waals surface area contributed by atoms with E-state index in [1.54, 1.807) is 4.90 Å². The highest BCUT2D eigenvalue weighted by Crippen LogP contribution is 2.24. The van der Waals surface area contributed by atoms with Gasteiger partial charge in [-0.25, -0.2) is 0 Å². The van der Waals surface area contributed by atoms with Gasteiger partial charge >= 0.3 is 0 Å². The highest BCUT2D eigenvalue weighted by molar-refractivity contribution is 5.80. The van der Waals surface area contributed by atoms with Gasteiger partial charge in [0.25, 0.3) is 0 Å². The number of rotatable bonds is 3. The summed E-state index contributed by atoms with van der Waals surface area (Å²) in [7, 11) is 1.83. The van der Waals surface area contributed by atoms with Crippen LogP contribution >= 0.6 is 0 Å². The van der Waals surface area contributed by atoms with Crippen LogP contribution in [0.5, 0.6) is 0 Å². The standard InChI is InChI=1S/C13H19NO/c1-5-10(3)9-12-11(6-2)7-8-13(15)14(12)4/h6,9H,2,5,7-8H2,1,3-4H3/b10-9+. The molecule has 0 spiro atoms. The summed E-state index contributed by atoms with van der Waals surface area (Å²) in [6, 6.07) is 0. The average molecular weight is 205 g/mol. The van der Waals surface area contributed by atoms with E-state index < -0.39 is 0 Å². The molecule has 0 bridgehead atoms. The maximum atomic E-state index is 11.6. The van der Waals surface area contributed by atoms with Crippen molar-refractivity contribution in [1.82, 2.24) is 4.90 Å². The van der Waals surface area contributed by atoms with Crippen molar-refractivity contribution in [3.8, 4) is 0 Å². The van der Waals surface area contributed by atoms with Crippen molar-refractivity contribution in [2.75, 3.05) is 7.05 Å². The van der Waals surface area contributed by atoms with E-state index in [2.05, 4.69) is 26.5 Å². The third-order valence-electron chi connectivity index (χ3n) is 2.86. The highest BCUT2D eigenvalue weighted by Gasteiger charge is 2.20. The minimum absolute atomic E-state index is 0.191. The summed E-state index contributed by atoms with van der Waals surface area (Å²) in [4.78, 5) is 13.3. The molecule has 15 heavy (non-hydrogen) atoms. The van der Waals surface area contributed by atoms with Gasteiger partial charge in [-0.3, -0.25) is 4.79 Å². The lowest BCUT2D eigenvalue weighted by molar-refractivity contribution is -0.128. The zero-order valence-electron chi connectivity index (χ0n) is 9.84. The second-order valence-electron chi connectivity index (χ2n) is 3.91. The molecular weight excluding hydrogens is 186 g/mol. The molecule has 0 saturated carbocycles. The smallest absolute Gasteiger partial charge is 0.227 e. The van der Waals surface area contributed by atoms with Crippen LogP contribution in [0.2, 0.25) is 0 Å². The first kappa shape index (κ1) is 11.8. The lowest BCUT2D eigenvalue weighted by Gasteiger charge is -2.26. The Balaban J connectivity index is 3.11. The Morgan fingerprint density at radius 3 is 2.73 bits per heavy atom. The molecule has 0 aromatic rings. The lowest BCUT2D eigenvalue weighted by Crippen LogP contribution is -2.29. The fourth-order valence-corrected chi connectivity index (χ4v) is 1.62. The molecule has 0 aromatic heterocycles. The van der Waals surface area contributed by atoms with Gasteiger partial charge in [0.1, 0.15) is 0 Å². The van der Waals surface area contributed by atoms with Crippen molar-refractivity contribution in [2.24, 2.45) is 0 Å². The molecule has 0 fully saturated rings. The van der Waals surface area contributed by atoms with Crippen LogP contribution < -0.4 is 0 Å². The number of amides is 1. The Morgan fingerprint density at radius 2 is 2.20 bits per heavy atom. The largest absolute Gasteiger partial charge is 0.315 e. The molecule has 0 aromatic carbocycles.